The van der Waals surface area contributed by atoms with Crippen LogP contribution in [0.4, 0.5) is 0 Å². The molecule has 1 aromatic rings. The van der Waals surface area contributed by atoms with Crippen LogP contribution in [0.5, 0.6) is 0 Å². The number of carbonyl (C=O) groups excluding carboxylic acids is 4. The number of nitrogens with zero attached hydrogens (tertiary/aromatic N) is 2. The minimum Gasteiger partial charge on any atom is -0.368 e. The Hall–Kier alpha value is -2.62. The topological polar surface area (TPSA) is 108 Å². The Labute approximate surface area is 180 Å². The highest BCUT2D eigenvalue weighted by atomic mass is 16.5. The largest absolute Gasteiger partial charge is 0.368 e. The first-order valence-electron chi connectivity index (χ1n) is 10.8. The molecule has 9 nitrogen and oxygen atoms in total. The van der Waals surface area contributed by atoms with Gasteiger partial charge in [-0.15, -0.1) is 0 Å². The monoisotopic (exact) mass is 426 g/mol. The van der Waals surface area contributed by atoms with Crippen molar-refractivity contribution in [1.29, 1.82) is 0 Å². The summed E-state index contributed by atoms with van der Waals surface area (Å²) in [5.74, 6) is -1.92. The Morgan fingerprint density at radius 2 is 1.97 bits per heavy atom. The average molecular weight is 426 g/mol. The van der Waals surface area contributed by atoms with E-state index in [1.54, 1.807) is 12.1 Å². The summed E-state index contributed by atoms with van der Waals surface area (Å²) in [6, 6.07) is 4.37. The van der Waals surface area contributed by atoms with E-state index in [0.29, 0.717) is 17.7 Å². The Balaban J connectivity index is 1.34. The van der Waals surface area contributed by atoms with Crippen molar-refractivity contribution in [2.75, 3.05) is 26.2 Å². The lowest BCUT2D eigenvalue weighted by molar-refractivity contribution is -0.139. The summed E-state index contributed by atoms with van der Waals surface area (Å²) in [4.78, 5) is 52.9. The van der Waals surface area contributed by atoms with Crippen LogP contribution in [-0.2, 0) is 20.9 Å². The van der Waals surface area contributed by atoms with Crippen LogP contribution in [0.3, 0.4) is 0 Å². The fourth-order valence-electron chi connectivity index (χ4n) is 5.29. The van der Waals surface area contributed by atoms with Gasteiger partial charge in [-0.05, 0) is 44.0 Å². The van der Waals surface area contributed by atoms with Crippen LogP contribution < -0.4 is 10.6 Å². The first-order chi connectivity index (χ1) is 14.8. The van der Waals surface area contributed by atoms with Crippen molar-refractivity contribution in [2.45, 2.75) is 50.5 Å². The Morgan fingerprint density at radius 3 is 2.71 bits per heavy atom. The number of rotatable bonds is 3. The van der Waals surface area contributed by atoms with Crippen LogP contribution in [0.25, 0.3) is 0 Å². The van der Waals surface area contributed by atoms with Gasteiger partial charge in [0.1, 0.15) is 6.04 Å². The molecule has 31 heavy (non-hydrogen) atoms. The summed E-state index contributed by atoms with van der Waals surface area (Å²) in [5.41, 5.74) is 1.42. The van der Waals surface area contributed by atoms with E-state index in [0.717, 1.165) is 43.1 Å². The lowest BCUT2D eigenvalue weighted by Crippen LogP contribution is -2.55. The number of hydrogen-bond donors (Lipinski definition) is 2. The normalized spacial score (nSPS) is 31.5. The van der Waals surface area contributed by atoms with Crippen molar-refractivity contribution in [1.82, 2.24) is 20.4 Å². The molecule has 4 amide bonds. The maximum Gasteiger partial charge on any atom is 0.262 e. The molecular formula is C22H26N4O5. The molecule has 4 heterocycles. The first-order valence-corrected chi connectivity index (χ1v) is 10.8. The van der Waals surface area contributed by atoms with Crippen molar-refractivity contribution < 1.29 is 23.9 Å². The van der Waals surface area contributed by atoms with Crippen LogP contribution in [0.15, 0.2) is 18.2 Å². The lowest BCUT2D eigenvalue weighted by Gasteiger charge is -2.43. The molecule has 4 aliphatic heterocycles. The highest BCUT2D eigenvalue weighted by Crippen LogP contribution is 2.31. The average Bonchev–Trinajstić information content (AvgIpc) is 3.24. The first kappa shape index (κ1) is 20.3. The highest BCUT2D eigenvalue weighted by Gasteiger charge is 2.45. The molecule has 5 rings (SSSR count). The number of amides is 4. The van der Waals surface area contributed by atoms with E-state index in [9.17, 15) is 19.2 Å². The van der Waals surface area contributed by atoms with E-state index in [2.05, 4.69) is 22.5 Å². The quantitative estimate of drug-likeness (QED) is 0.657. The van der Waals surface area contributed by atoms with Gasteiger partial charge in [-0.1, -0.05) is 6.07 Å². The number of carbonyl (C=O) groups is 4. The fraction of sp³-hybridized carbons (Fsp3) is 0.545. The number of imide groups is 2. The van der Waals surface area contributed by atoms with E-state index < -0.39 is 23.8 Å². The summed E-state index contributed by atoms with van der Waals surface area (Å²) >= 11 is 0. The molecule has 0 bridgehead atoms. The van der Waals surface area contributed by atoms with Crippen molar-refractivity contribution in [3.63, 3.8) is 0 Å². The van der Waals surface area contributed by atoms with E-state index in [1.165, 1.54) is 0 Å². The van der Waals surface area contributed by atoms with Crippen LogP contribution in [0.2, 0.25) is 0 Å². The second-order valence-electron chi connectivity index (χ2n) is 9.04. The van der Waals surface area contributed by atoms with E-state index in [4.69, 9.17) is 4.74 Å². The van der Waals surface area contributed by atoms with Gasteiger partial charge in [0.05, 0.1) is 22.8 Å². The molecule has 3 atom stereocenters. The lowest BCUT2D eigenvalue weighted by atomic mass is 9.98. The van der Waals surface area contributed by atoms with Gasteiger partial charge in [0.15, 0.2) is 0 Å². The minimum atomic E-state index is -0.941. The van der Waals surface area contributed by atoms with Crippen molar-refractivity contribution in [2.24, 2.45) is 0 Å². The molecule has 164 valence electrons. The molecular weight excluding hydrogens is 400 g/mol. The third-order valence-electron chi connectivity index (χ3n) is 6.59. The third-order valence-corrected chi connectivity index (χ3v) is 6.59. The van der Waals surface area contributed by atoms with Gasteiger partial charge in [-0.3, -0.25) is 34.3 Å². The predicted octanol–water partition coefficient (Wildman–Crippen LogP) is 0.0406. The van der Waals surface area contributed by atoms with Gasteiger partial charge in [0.25, 0.3) is 11.8 Å². The predicted molar refractivity (Wildman–Crippen MR) is 109 cm³/mol. The number of morpholine rings is 1. The number of fused-ring (bicyclic) bond motifs is 1. The molecule has 0 aliphatic carbocycles. The van der Waals surface area contributed by atoms with Gasteiger partial charge < -0.3 is 10.1 Å². The Bertz CT molecular complexity index is 971. The molecule has 3 unspecified atom stereocenters. The van der Waals surface area contributed by atoms with Crippen LogP contribution >= 0.6 is 0 Å². The van der Waals surface area contributed by atoms with Crippen LogP contribution in [-0.4, -0.2) is 77.4 Å². The molecule has 2 N–H and O–H groups in total. The maximum absolute atomic E-state index is 13.0. The van der Waals surface area contributed by atoms with Gasteiger partial charge >= 0.3 is 0 Å². The van der Waals surface area contributed by atoms with E-state index >= 15 is 0 Å². The van der Waals surface area contributed by atoms with Crippen LogP contribution in [0, 0.1) is 0 Å². The summed E-state index contributed by atoms with van der Waals surface area (Å²) in [5, 5.41) is 5.60. The summed E-state index contributed by atoms with van der Waals surface area (Å²) in [7, 11) is 0. The maximum atomic E-state index is 13.0. The molecule has 0 radical (unpaired) electrons. The second kappa shape index (κ2) is 7.51. The summed E-state index contributed by atoms with van der Waals surface area (Å²) in [6.07, 6.45) is 1.37. The van der Waals surface area contributed by atoms with Gasteiger partial charge in [0.2, 0.25) is 11.8 Å². The summed E-state index contributed by atoms with van der Waals surface area (Å²) in [6.45, 7) is 6.14. The molecule has 4 aliphatic rings. The number of hydrogen-bond acceptors (Lipinski definition) is 7. The molecule has 9 heteroatoms. The van der Waals surface area contributed by atoms with Crippen molar-refractivity contribution in [3.05, 3.63) is 34.9 Å². The number of nitrogens with one attached hydrogen (secondary N) is 2. The highest BCUT2D eigenvalue weighted by molar-refractivity contribution is 6.23. The third kappa shape index (κ3) is 3.56. The van der Waals surface area contributed by atoms with E-state index in [-0.39, 0.29) is 30.5 Å². The van der Waals surface area contributed by atoms with Crippen molar-refractivity contribution in [3.8, 4) is 0 Å². The SMILES string of the molecule is CC1CN(Cc2ccc3c(c2)C(=O)N(C2CCC(=O)NC2=O)C3=O)CC2(CCNC2)O1. The summed E-state index contributed by atoms with van der Waals surface area (Å²) < 4.78 is 6.24. The Kier molecular flexibility index (Phi) is 4.91. The molecule has 1 aromatic carbocycles. The fourth-order valence-corrected chi connectivity index (χ4v) is 5.29. The van der Waals surface area contributed by atoms with Crippen molar-refractivity contribution >= 4 is 23.6 Å². The van der Waals surface area contributed by atoms with Gasteiger partial charge in [-0.2, -0.15) is 0 Å². The van der Waals surface area contributed by atoms with Crippen LogP contribution in [0.1, 0.15) is 52.5 Å². The van der Waals surface area contributed by atoms with E-state index in [1.807, 2.05) is 6.07 Å². The number of piperidine rings is 1. The molecule has 1 spiro atoms. The number of benzene rings is 1. The molecule has 3 fully saturated rings. The minimum absolute atomic E-state index is 0.112. The molecule has 0 saturated carbocycles. The Morgan fingerprint density at radius 1 is 1.16 bits per heavy atom. The zero-order valence-electron chi connectivity index (χ0n) is 17.5. The smallest absolute Gasteiger partial charge is 0.262 e. The zero-order valence-corrected chi connectivity index (χ0v) is 17.5. The zero-order chi connectivity index (χ0) is 21.8. The van der Waals surface area contributed by atoms with Gasteiger partial charge in [0, 0.05) is 32.6 Å². The molecule has 0 aromatic heterocycles. The second-order valence-corrected chi connectivity index (χ2v) is 9.04. The molecule has 3 saturated heterocycles. The number of ether oxygens (including phenoxy) is 1. The standard InChI is InChI=1S/C22H26N4O5/c1-13-9-25(12-22(31-13)6-7-23-11-22)10-14-2-3-15-16(8-14)21(30)26(20(15)29)17-4-5-18(27)24-19(17)28/h2-3,8,13,17,23H,4-7,9-12H2,1H3,(H,24,27,28). The van der Waals surface area contributed by atoms with Gasteiger partial charge in [-0.25, -0.2) is 0 Å².